The van der Waals surface area contributed by atoms with E-state index < -0.39 is 0 Å². The number of amides is 1. The third-order valence-electron chi connectivity index (χ3n) is 4.25. The summed E-state index contributed by atoms with van der Waals surface area (Å²) in [7, 11) is 2.05. The molecule has 4 heteroatoms. The van der Waals surface area contributed by atoms with Crippen LogP contribution in [0, 0.1) is 5.92 Å². The van der Waals surface area contributed by atoms with E-state index >= 15 is 0 Å². The number of carbonyl (C=O) groups excluding carboxylic acids is 1. The Balaban J connectivity index is 2.31. The maximum atomic E-state index is 11.9. The Morgan fingerprint density at radius 2 is 2.26 bits per heavy atom. The molecular weight excluding hydrogens is 238 g/mol. The van der Waals surface area contributed by atoms with Gasteiger partial charge < -0.3 is 4.57 Å². The van der Waals surface area contributed by atoms with Crippen molar-refractivity contribution in [2.45, 2.75) is 26.2 Å². The SMILES string of the molecule is CC1CCc2c(c3cccc(C(=O)NN)c3n2C)C1. The normalized spacial score (nSPS) is 18.4. The summed E-state index contributed by atoms with van der Waals surface area (Å²) in [4.78, 5) is 11.9. The predicted octanol–water partition coefficient (Wildman–Crippen LogP) is 1.91. The number of nitrogens with one attached hydrogen (secondary N) is 1. The average molecular weight is 257 g/mol. The van der Waals surface area contributed by atoms with E-state index in [1.807, 2.05) is 19.2 Å². The maximum Gasteiger partial charge on any atom is 0.267 e. The van der Waals surface area contributed by atoms with Gasteiger partial charge in [-0.2, -0.15) is 0 Å². The second kappa shape index (κ2) is 4.38. The van der Waals surface area contributed by atoms with Gasteiger partial charge in [-0.15, -0.1) is 0 Å². The lowest BCUT2D eigenvalue weighted by Crippen LogP contribution is -2.30. The number of benzene rings is 1. The lowest BCUT2D eigenvalue weighted by atomic mass is 9.87. The lowest BCUT2D eigenvalue weighted by Gasteiger charge is -2.19. The Labute approximate surface area is 112 Å². The Hall–Kier alpha value is -1.81. The van der Waals surface area contributed by atoms with Gasteiger partial charge in [-0.25, -0.2) is 5.84 Å². The molecule has 1 aliphatic rings. The van der Waals surface area contributed by atoms with Crippen LogP contribution in [0.3, 0.4) is 0 Å². The zero-order chi connectivity index (χ0) is 13.6. The fourth-order valence-corrected chi connectivity index (χ4v) is 3.28. The minimum Gasteiger partial charge on any atom is -0.347 e. The monoisotopic (exact) mass is 257 g/mol. The highest BCUT2D eigenvalue weighted by Gasteiger charge is 2.24. The molecule has 0 radical (unpaired) electrons. The topological polar surface area (TPSA) is 60.1 Å². The lowest BCUT2D eigenvalue weighted by molar-refractivity contribution is 0.0955. The van der Waals surface area contributed by atoms with Crippen LogP contribution in [0.15, 0.2) is 18.2 Å². The van der Waals surface area contributed by atoms with Gasteiger partial charge in [-0.3, -0.25) is 10.2 Å². The number of fused-ring (bicyclic) bond motifs is 3. The molecule has 1 aliphatic carbocycles. The first kappa shape index (κ1) is 12.2. The summed E-state index contributed by atoms with van der Waals surface area (Å²) in [6.07, 6.45) is 3.40. The Morgan fingerprint density at radius 1 is 1.47 bits per heavy atom. The summed E-state index contributed by atoms with van der Waals surface area (Å²) in [5.41, 5.74) is 6.67. The molecule has 0 saturated carbocycles. The number of carbonyl (C=O) groups is 1. The van der Waals surface area contributed by atoms with E-state index in [0.29, 0.717) is 11.5 Å². The van der Waals surface area contributed by atoms with E-state index in [9.17, 15) is 4.79 Å². The quantitative estimate of drug-likeness (QED) is 0.466. The van der Waals surface area contributed by atoms with Gasteiger partial charge in [0.05, 0.1) is 11.1 Å². The number of nitrogens with zero attached hydrogens (tertiary/aromatic N) is 1. The van der Waals surface area contributed by atoms with Crippen LogP contribution in [0.25, 0.3) is 10.9 Å². The summed E-state index contributed by atoms with van der Waals surface area (Å²) < 4.78 is 2.17. The minimum atomic E-state index is -0.225. The molecule has 4 nitrogen and oxygen atoms in total. The number of hydrazine groups is 1. The third-order valence-corrected chi connectivity index (χ3v) is 4.25. The Morgan fingerprint density at radius 3 is 3.00 bits per heavy atom. The van der Waals surface area contributed by atoms with Crippen molar-refractivity contribution in [2.75, 3.05) is 0 Å². The van der Waals surface area contributed by atoms with Crippen LogP contribution >= 0.6 is 0 Å². The van der Waals surface area contributed by atoms with Crippen molar-refractivity contribution in [1.29, 1.82) is 0 Å². The van der Waals surface area contributed by atoms with Crippen LogP contribution in [0.4, 0.5) is 0 Å². The van der Waals surface area contributed by atoms with Gasteiger partial charge in [0.1, 0.15) is 0 Å². The van der Waals surface area contributed by atoms with E-state index in [-0.39, 0.29) is 5.91 Å². The summed E-state index contributed by atoms with van der Waals surface area (Å²) >= 11 is 0. The number of nitrogens with two attached hydrogens (primary N) is 1. The average Bonchev–Trinajstić information content (AvgIpc) is 2.71. The molecule has 0 aliphatic heterocycles. The summed E-state index contributed by atoms with van der Waals surface area (Å²) in [6, 6.07) is 5.88. The first-order chi connectivity index (χ1) is 9.13. The van der Waals surface area contributed by atoms with Gasteiger partial charge in [-0.1, -0.05) is 19.1 Å². The molecule has 0 spiro atoms. The second-order valence-electron chi connectivity index (χ2n) is 5.51. The van der Waals surface area contributed by atoms with Crippen molar-refractivity contribution in [3.63, 3.8) is 0 Å². The van der Waals surface area contributed by atoms with Gasteiger partial charge in [-0.05, 0) is 36.8 Å². The summed E-state index contributed by atoms with van der Waals surface area (Å²) in [5, 5.41) is 1.20. The van der Waals surface area contributed by atoms with Crippen molar-refractivity contribution in [2.24, 2.45) is 18.8 Å². The van der Waals surface area contributed by atoms with Gasteiger partial charge in [0.25, 0.3) is 5.91 Å². The molecule has 0 fully saturated rings. The van der Waals surface area contributed by atoms with Gasteiger partial charge in [0.2, 0.25) is 0 Å². The van der Waals surface area contributed by atoms with Crippen LogP contribution in [-0.2, 0) is 19.9 Å². The van der Waals surface area contributed by atoms with E-state index in [1.165, 1.54) is 23.1 Å². The molecule has 3 N–H and O–H groups in total. The maximum absolute atomic E-state index is 11.9. The van der Waals surface area contributed by atoms with Crippen molar-refractivity contribution < 1.29 is 4.79 Å². The molecule has 1 aromatic heterocycles. The fourth-order valence-electron chi connectivity index (χ4n) is 3.28. The predicted molar refractivity (Wildman–Crippen MR) is 75.8 cm³/mol. The number of hydrogen-bond acceptors (Lipinski definition) is 2. The molecule has 0 saturated heterocycles. The molecule has 2 aromatic rings. The molecule has 0 bridgehead atoms. The van der Waals surface area contributed by atoms with Crippen LogP contribution in [-0.4, -0.2) is 10.5 Å². The molecule has 3 rings (SSSR count). The number of aromatic nitrogens is 1. The highest BCUT2D eigenvalue weighted by atomic mass is 16.2. The van der Waals surface area contributed by atoms with Crippen LogP contribution in [0.2, 0.25) is 0 Å². The number of nitrogen functional groups attached to an aromatic ring is 1. The largest absolute Gasteiger partial charge is 0.347 e. The van der Waals surface area contributed by atoms with Crippen molar-refractivity contribution in [3.05, 3.63) is 35.0 Å². The Bertz CT molecular complexity index is 657. The van der Waals surface area contributed by atoms with Crippen molar-refractivity contribution >= 4 is 16.8 Å². The zero-order valence-corrected chi connectivity index (χ0v) is 11.4. The third kappa shape index (κ3) is 1.75. The van der Waals surface area contributed by atoms with Crippen LogP contribution in [0.1, 0.15) is 35.0 Å². The smallest absolute Gasteiger partial charge is 0.267 e. The zero-order valence-electron chi connectivity index (χ0n) is 11.4. The summed E-state index contributed by atoms with van der Waals surface area (Å²) in [6.45, 7) is 2.29. The molecule has 1 amide bonds. The number of rotatable bonds is 1. The van der Waals surface area contributed by atoms with Crippen molar-refractivity contribution in [3.8, 4) is 0 Å². The Kier molecular flexibility index (Phi) is 2.82. The molecule has 100 valence electrons. The number of aryl methyl sites for hydroxylation is 1. The molecule has 1 unspecified atom stereocenters. The van der Waals surface area contributed by atoms with Crippen molar-refractivity contribution in [1.82, 2.24) is 9.99 Å². The first-order valence-electron chi connectivity index (χ1n) is 6.73. The number of hydrogen-bond donors (Lipinski definition) is 2. The molecular formula is C15H19N3O. The first-order valence-corrected chi connectivity index (χ1v) is 6.73. The van der Waals surface area contributed by atoms with Crippen LogP contribution < -0.4 is 11.3 Å². The molecule has 1 heterocycles. The minimum absolute atomic E-state index is 0.225. The molecule has 1 aromatic carbocycles. The van der Waals surface area contributed by atoms with E-state index in [4.69, 9.17) is 5.84 Å². The second-order valence-corrected chi connectivity index (χ2v) is 5.51. The van der Waals surface area contributed by atoms with Gasteiger partial charge >= 0.3 is 0 Å². The van der Waals surface area contributed by atoms with Gasteiger partial charge in [0.15, 0.2) is 0 Å². The van der Waals surface area contributed by atoms with Gasteiger partial charge in [0, 0.05) is 18.1 Å². The number of para-hydroxylation sites is 1. The highest BCUT2D eigenvalue weighted by molar-refractivity contribution is 6.07. The summed E-state index contributed by atoms with van der Waals surface area (Å²) in [5.74, 6) is 5.77. The standard InChI is InChI=1S/C15H19N3O/c1-9-6-7-13-12(8-9)10-4-3-5-11(15(19)17-16)14(10)18(13)2/h3-5,9H,6-8,16H2,1-2H3,(H,17,19). The van der Waals surface area contributed by atoms with E-state index in [1.54, 1.807) is 0 Å². The molecule has 19 heavy (non-hydrogen) atoms. The fraction of sp³-hybridized carbons (Fsp3) is 0.400. The highest BCUT2D eigenvalue weighted by Crippen LogP contribution is 2.34. The van der Waals surface area contributed by atoms with E-state index in [0.717, 1.165) is 18.4 Å². The van der Waals surface area contributed by atoms with E-state index in [2.05, 4.69) is 23.0 Å². The van der Waals surface area contributed by atoms with Crippen LogP contribution in [0.5, 0.6) is 0 Å². The molecule has 1 atom stereocenters.